The van der Waals surface area contributed by atoms with E-state index >= 15 is 0 Å². The first-order valence-corrected chi connectivity index (χ1v) is 5.45. The molecule has 2 rings (SSSR count). The Balaban J connectivity index is 2.11. The Morgan fingerprint density at radius 1 is 1.60 bits per heavy atom. The summed E-state index contributed by atoms with van der Waals surface area (Å²) < 4.78 is 5.15. The van der Waals surface area contributed by atoms with Gasteiger partial charge in [-0.1, -0.05) is 24.9 Å². The van der Waals surface area contributed by atoms with Crippen molar-refractivity contribution in [2.45, 2.75) is 25.8 Å². The highest BCUT2D eigenvalue weighted by atomic mass is 35.5. The SMILES string of the molecule is CCC1CC1Nc1ncnc(Cl)c1OC. The number of aromatic nitrogens is 2. The third-order valence-corrected chi connectivity index (χ3v) is 3.00. The molecule has 0 aliphatic heterocycles. The molecule has 0 radical (unpaired) electrons. The number of nitrogens with zero attached hydrogens (tertiary/aromatic N) is 2. The van der Waals surface area contributed by atoms with Gasteiger partial charge in [0.2, 0.25) is 0 Å². The van der Waals surface area contributed by atoms with E-state index in [1.807, 2.05) is 0 Å². The highest BCUT2D eigenvalue weighted by molar-refractivity contribution is 6.31. The fourth-order valence-electron chi connectivity index (χ4n) is 1.69. The second-order valence-electron chi connectivity index (χ2n) is 3.70. The van der Waals surface area contributed by atoms with Gasteiger partial charge in [-0.15, -0.1) is 0 Å². The van der Waals surface area contributed by atoms with Crippen molar-refractivity contribution in [2.75, 3.05) is 12.4 Å². The van der Waals surface area contributed by atoms with Crippen LogP contribution in [-0.2, 0) is 0 Å². The second-order valence-corrected chi connectivity index (χ2v) is 4.06. The zero-order valence-electron chi connectivity index (χ0n) is 8.83. The monoisotopic (exact) mass is 227 g/mol. The molecule has 4 nitrogen and oxygen atoms in total. The molecule has 1 heterocycles. The molecule has 82 valence electrons. The zero-order chi connectivity index (χ0) is 10.8. The molecule has 2 atom stereocenters. The number of nitrogens with one attached hydrogen (secondary N) is 1. The third kappa shape index (κ3) is 2.15. The highest BCUT2D eigenvalue weighted by Crippen LogP contribution is 2.38. The maximum Gasteiger partial charge on any atom is 0.198 e. The van der Waals surface area contributed by atoms with Gasteiger partial charge in [-0.05, 0) is 12.3 Å². The van der Waals surface area contributed by atoms with E-state index in [9.17, 15) is 0 Å². The van der Waals surface area contributed by atoms with E-state index in [1.165, 1.54) is 19.2 Å². The average Bonchev–Trinajstić information content (AvgIpc) is 2.97. The Hall–Kier alpha value is -1.03. The van der Waals surface area contributed by atoms with Gasteiger partial charge in [0.05, 0.1) is 7.11 Å². The van der Waals surface area contributed by atoms with E-state index in [0.717, 1.165) is 5.92 Å². The van der Waals surface area contributed by atoms with Crippen LogP contribution >= 0.6 is 11.6 Å². The lowest BCUT2D eigenvalue weighted by atomic mass is 10.3. The molecule has 1 aromatic rings. The number of rotatable bonds is 4. The van der Waals surface area contributed by atoms with Crippen molar-refractivity contribution in [3.05, 3.63) is 11.5 Å². The highest BCUT2D eigenvalue weighted by Gasteiger charge is 2.36. The van der Waals surface area contributed by atoms with Crippen molar-refractivity contribution < 1.29 is 4.74 Å². The van der Waals surface area contributed by atoms with Gasteiger partial charge in [-0.3, -0.25) is 0 Å². The summed E-state index contributed by atoms with van der Waals surface area (Å²) >= 11 is 5.89. The van der Waals surface area contributed by atoms with Crippen LogP contribution < -0.4 is 10.1 Å². The number of methoxy groups -OCH3 is 1. The van der Waals surface area contributed by atoms with Crippen LogP contribution in [-0.4, -0.2) is 23.1 Å². The van der Waals surface area contributed by atoms with Gasteiger partial charge in [-0.2, -0.15) is 0 Å². The largest absolute Gasteiger partial charge is 0.490 e. The minimum atomic E-state index is 0.351. The lowest BCUT2D eigenvalue weighted by Crippen LogP contribution is -2.08. The number of anilines is 1. The third-order valence-electron chi connectivity index (χ3n) is 2.73. The summed E-state index contributed by atoms with van der Waals surface area (Å²) in [6, 6.07) is 0.509. The van der Waals surface area contributed by atoms with E-state index in [1.54, 1.807) is 7.11 Å². The first-order chi connectivity index (χ1) is 7.26. The molecule has 5 heteroatoms. The lowest BCUT2D eigenvalue weighted by molar-refractivity contribution is 0.413. The Morgan fingerprint density at radius 3 is 3.00 bits per heavy atom. The van der Waals surface area contributed by atoms with E-state index in [2.05, 4.69) is 22.2 Å². The molecule has 1 aliphatic rings. The molecular weight excluding hydrogens is 214 g/mol. The number of halogens is 1. The van der Waals surface area contributed by atoms with Gasteiger partial charge in [0.1, 0.15) is 6.33 Å². The topological polar surface area (TPSA) is 47.0 Å². The Labute approximate surface area is 94.0 Å². The molecule has 2 unspecified atom stereocenters. The Morgan fingerprint density at radius 2 is 2.40 bits per heavy atom. The van der Waals surface area contributed by atoms with Gasteiger partial charge in [0.25, 0.3) is 0 Å². The van der Waals surface area contributed by atoms with Crippen molar-refractivity contribution in [1.29, 1.82) is 0 Å². The van der Waals surface area contributed by atoms with Gasteiger partial charge in [0, 0.05) is 6.04 Å². The summed E-state index contributed by atoms with van der Waals surface area (Å²) in [5, 5.41) is 3.67. The van der Waals surface area contributed by atoms with Crippen molar-refractivity contribution in [2.24, 2.45) is 5.92 Å². The van der Waals surface area contributed by atoms with Crippen molar-refractivity contribution >= 4 is 17.4 Å². The van der Waals surface area contributed by atoms with Crippen LogP contribution in [0.1, 0.15) is 19.8 Å². The summed E-state index contributed by atoms with van der Waals surface area (Å²) in [4.78, 5) is 7.99. The van der Waals surface area contributed by atoms with Gasteiger partial charge < -0.3 is 10.1 Å². The van der Waals surface area contributed by atoms with E-state index in [4.69, 9.17) is 16.3 Å². The van der Waals surface area contributed by atoms with Crippen molar-refractivity contribution in [3.8, 4) is 5.75 Å². The first kappa shape index (κ1) is 10.5. The molecule has 0 saturated heterocycles. The van der Waals surface area contributed by atoms with Crippen LogP contribution in [0.5, 0.6) is 5.75 Å². The number of hydrogen-bond donors (Lipinski definition) is 1. The van der Waals surface area contributed by atoms with Gasteiger partial charge in [0.15, 0.2) is 16.7 Å². The Bertz CT molecular complexity index is 359. The predicted molar refractivity (Wildman–Crippen MR) is 59.4 cm³/mol. The van der Waals surface area contributed by atoms with Crippen LogP contribution in [0.15, 0.2) is 6.33 Å². The zero-order valence-corrected chi connectivity index (χ0v) is 9.58. The first-order valence-electron chi connectivity index (χ1n) is 5.07. The average molecular weight is 228 g/mol. The fourth-order valence-corrected chi connectivity index (χ4v) is 1.90. The smallest absolute Gasteiger partial charge is 0.198 e. The summed E-state index contributed by atoms with van der Waals surface area (Å²) in [5.41, 5.74) is 0. The van der Waals surface area contributed by atoms with Crippen molar-refractivity contribution in [1.82, 2.24) is 9.97 Å². The summed E-state index contributed by atoms with van der Waals surface area (Å²) in [5.74, 6) is 1.97. The standard InChI is InChI=1S/C10H14ClN3O/c1-3-6-4-7(6)14-10-8(15-2)9(11)12-5-13-10/h5-7H,3-4H2,1-2H3,(H,12,13,14). The van der Waals surface area contributed by atoms with E-state index in [-0.39, 0.29) is 0 Å². The molecule has 1 aliphatic carbocycles. The van der Waals surface area contributed by atoms with Crippen LogP contribution in [0.3, 0.4) is 0 Å². The molecular formula is C10H14ClN3O. The van der Waals surface area contributed by atoms with E-state index in [0.29, 0.717) is 22.8 Å². The molecule has 15 heavy (non-hydrogen) atoms. The molecule has 0 bridgehead atoms. The maximum atomic E-state index is 5.89. The maximum absolute atomic E-state index is 5.89. The molecule has 0 spiro atoms. The molecule has 1 N–H and O–H groups in total. The molecule has 0 amide bonds. The lowest BCUT2D eigenvalue weighted by Gasteiger charge is -2.09. The summed E-state index contributed by atoms with van der Waals surface area (Å²) in [7, 11) is 1.57. The molecule has 1 fully saturated rings. The van der Waals surface area contributed by atoms with Gasteiger partial charge >= 0.3 is 0 Å². The van der Waals surface area contributed by atoms with Crippen LogP contribution in [0.2, 0.25) is 5.15 Å². The minimum absolute atomic E-state index is 0.351. The number of hydrogen-bond acceptors (Lipinski definition) is 4. The normalized spacial score (nSPS) is 23.7. The quantitative estimate of drug-likeness (QED) is 0.803. The Kier molecular flexibility index (Phi) is 2.95. The molecule has 1 aromatic heterocycles. The van der Waals surface area contributed by atoms with Crippen LogP contribution in [0, 0.1) is 5.92 Å². The van der Waals surface area contributed by atoms with Gasteiger partial charge in [-0.25, -0.2) is 9.97 Å². The molecule has 0 aromatic carbocycles. The minimum Gasteiger partial charge on any atom is -0.490 e. The van der Waals surface area contributed by atoms with Crippen LogP contribution in [0.25, 0.3) is 0 Å². The number of ether oxygens (including phenoxy) is 1. The van der Waals surface area contributed by atoms with Crippen LogP contribution in [0.4, 0.5) is 5.82 Å². The summed E-state index contributed by atoms with van der Waals surface area (Å²) in [6.07, 6.45) is 3.83. The second kappa shape index (κ2) is 4.23. The summed E-state index contributed by atoms with van der Waals surface area (Å²) in [6.45, 7) is 2.19. The predicted octanol–water partition coefficient (Wildman–Crippen LogP) is 2.35. The van der Waals surface area contributed by atoms with Crippen molar-refractivity contribution in [3.63, 3.8) is 0 Å². The fraction of sp³-hybridized carbons (Fsp3) is 0.600. The van der Waals surface area contributed by atoms with E-state index < -0.39 is 0 Å². The molecule has 1 saturated carbocycles.